The molecule has 254 valence electrons. The number of carbonyl (C=O) groups is 1. The summed E-state index contributed by atoms with van der Waals surface area (Å²) < 4.78 is 29.8. The SMILES string of the molecule is C=CC(=O)NCCNc1nc(=O)n2c3nc(c(C)cc13)-c1c(F)cccc1OCC(O)C(OCC1CC1)C1=C2[C@@H](C)N(CC(C)C)C=C1. The standard InChI is InChI=1S/C36H43FN6O5/c1-6-29(45)38-13-14-39-34-25-16-21(4)31-30-26(37)8-7-9-28(30)47-19-27(44)33(48-18-23-10-11-23)24-12-15-42(17-20(2)3)22(5)32(24)43(35(25)40-31)36(46)41-34/h6-9,12,15-16,20,22-23,27,33,44H,1,10-11,13-14,17-19H2,2-5H3,(H,38,45)(H,39,41,46)/t22-,27?,33?/m1/s1. The maximum atomic E-state index is 15.7. The second-order valence-corrected chi connectivity index (χ2v) is 13.1. The molecular formula is C36H43FN6O5. The number of hydrogen-bond donors (Lipinski definition) is 3. The van der Waals surface area contributed by atoms with Crippen molar-refractivity contribution in [1.82, 2.24) is 24.8 Å². The number of aryl methyl sites for hydroxylation is 1. The van der Waals surface area contributed by atoms with E-state index in [1.807, 2.05) is 32.2 Å². The van der Waals surface area contributed by atoms with Crippen LogP contribution >= 0.6 is 0 Å². The molecule has 2 aliphatic heterocycles. The molecule has 48 heavy (non-hydrogen) atoms. The lowest BCUT2D eigenvalue weighted by molar-refractivity contribution is -0.116. The van der Waals surface area contributed by atoms with Crippen molar-refractivity contribution in [3.63, 3.8) is 0 Å². The van der Waals surface area contributed by atoms with Gasteiger partial charge < -0.3 is 30.1 Å². The van der Waals surface area contributed by atoms with Crippen molar-refractivity contribution in [2.75, 3.05) is 38.2 Å². The van der Waals surface area contributed by atoms with E-state index >= 15 is 4.39 Å². The minimum atomic E-state index is -1.14. The normalized spacial score (nSPS) is 20.6. The number of nitrogens with one attached hydrogen (secondary N) is 2. The molecule has 2 bridgehead atoms. The molecule has 3 N–H and O–H groups in total. The van der Waals surface area contributed by atoms with Crippen LogP contribution in [-0.4, -0.2) is 81.5 Å². The van der Waals surface area contributed by atoms with E-state index in [9.17, 15) is 14.7 Å². The highest BCUT2D eigenvalue weighted by Crippen LogP contribution is 2.39. The molecule has 3 aromatic rings. The second-order valence-electron chi connectivity index (χ2n) is 13.1. The molecule has 1 aliphatic carbocycles. The molecule has 0 saturated heterocycles. The lowest BCUT2D eigenvalue weighted by Crippen LogP contribution is -2.44. The fourth-order valence-electron chi connectivity index (χ4n) is 6.32. The van der Waals surface area contributed by atoms with E-state index in [2.05, 4.69) is 40.9 Å². The van der Waals surface area contributed by atoms with Crippen LogP contribution in [0.3, 0.4) is 0 Å². The molecular weight excluding hydrogens is 615 g/mol. The molecule has 3 atom stereocenters. The van der Waals surface area contributed by atoms with Crippen LogP contribution in [-0.2, 0) is 9.53 Å². The van der Waals surface area contributed by atoms with E-state index in [4.69, 9.17) is 14.5 Å². The molecule has 1 saturated carbocycles. The Balaban J connectivity index is 1.62. The number of aliphatic hydroxyl groups excluding tert-OH is 1. The lowest BCUT2D eigenvalue weighted by atomic mass is 9.94. The first-order valence-corrected chi connectivity index (χ1v) is 16.6. The Labute approximate surface area is 279 Å². The topological polar surface area (TPSA) is 131 Å². The van der Waals surface area contributed by atoms with E-state index in [0.717, 1.165) is 12.8 Å². The molecule has 0 spiro atoms. The Bertz CT molecular complexity index is 1850. The first-order chi connectivity index (χ1) is 23.1. The molecule has 0 radical (unpaired) electrons. The molecule has 11 nitrogen and oxygen atoms in total. The van der Waals surface area contributed by atoms with Crippen molar-refractivity contribution in [2.45, 2.75) is 58.8 Å². The molecule has 4 heterocycles. The number of anilines is 1. The number of benzene rings is 1. The van der Waals surface area contributed by atoms with Gasteiger partial charge in [0.05, 0.1) is 35.0 Å². The number of amides is 1. The third kappa shape index (κ3) is 6.72. The summed E-state index contributed by atoms with van der Waals surface area (Å²) in [5.41, 5.74) is 1.92. The number of fused-ring (bicyclic) bond motifs is 4. The number of hydrogen-bond acceptors (Lipinski definition) is 9. The summed E-state index contributed by atoms with van der Waals surface area (Å²) in [6.07, 6.45) is 5.19. The summed E-state index contributed by atoms with van der Waals surface area (Å²) in [5.74, 6) is 0.348. The Morgan fingerprint density at radius 2 is 2.06 bits per heavy atom. The highest BCUT2D eigenvalue weighted by molar-refractivity contribution is 5.92. The number of nitrogens with zero attached hydrogens (tertiary/aromatic N) is 4. The monoisotopic (exact) mass is 658 g/mol. The Hall–Kier alpha value is -4.55. The highest BCUT2D eigenvalue weighted by atomic mass is 19.1. The Morgan fingerprint density at radius 1 is 1.27 bits per heavy atom. The zero-order chi connectivity index (χ0) is 34.1. The first kappa shape index (κ1) is 33.4. The Morgan fingerprint density at radius 3 is 2.79 bits per heavy atom. The number of carbonyl (C=O) groups excluding carboxylic acids is 1. The molecule has 1 amide bonds. The van der Waals surface area contributed by atoms with Crippen molar-refractivity contribution in [1.29, 1.82) is 0 Å². The van der Waals surface area contributed by atoms with Crippen molar-refractivity contribution < 1.29 is 23.8 Å². The van der Waals surface area contributed by atoms with Crippen molar-refractivity contribution >= 4 is 28.5 Å². The van der Waals surface area contributed by atoms with Gasteiger partial charge >= 0.3 is 5.69 Å². The number of aliphatic hydroxyl groups is 1. The molecule has 12 heteroatoms. The largest absolute Gasteiger partial charge is 0.490 e. The summed E-state index contributed by atoms with van der Waals surface area (Å²) in [6.45, 7) is 13.0. The summed E-state index contributed by atoms with van der Waals surface area (Å²) in [7, 11) is 0. The van der Waals surface area contributed by atoms with Gasteiger partial charge in [-0.05, 0) is 74.4 Å². The predicted molar refractivity (Wildman–Crippen MR) is 183 cm³/mol. The highest BCUT2D eigenvalue weighted by Gasteiger charge is 2.36. The minimum absolute atomic E-state index is 0.129. The molecule has 3 aliphatic rings. The number of aromatic nitrogens is 3. The molecule has 1 fully saturated rings. The van der Waals surface area contributed by atoms with Gasteiger partial charge in [-0.15, -0.1) is 0 Å². The maximum absolute atomic E-state index is 15.7. The van der Waals surface area contributed by atoms with Gasteiger partial charge in [-0.3, -0.25) is 4.79 Å². The van der Waals surface area contributed by atoms with Crippen molar-refractivity contribution in [3.8, 4) is 17.0 Å². The van der Waals surface area contributed by atoms with Crippen LogP contribution in [0.25, 0.3) is 28.0 Å². The van der Waals surface area contributed by atoms with Gasteiger partial charge in [0.2, 0.25) is 5.91 Å². The van der Waals surface area contributed by atoms with E-state index < -0.39 is 23.7 Å². The fraction of sp³-hybridized carbons (Fsp3) is 0.444. The third-order valence-electron chi connectivity index (χ3n) is 8.90. The van der Waals surface area contributed by atoms with Gasteiger partial charge in [0.1, 0.15) is 36.2 Å². The van der Waals surface area contributed by atoms with Crippen LogP contribution in [0.1, 0.15) is 39.2 Å². The van der Waals surface area contributed by atoms with E-state index in [-0.39, 0.29) is 54.4 Å². The molecule has 1 aromatic carbocycles. The number of pyridine rings is 1. The average Bonchev–Trinajstić information content (AvgIpc) is 3.88. The number of rotatable bonds is 10. The summed E-state index contributed by atoms with van der Waals surface area (Å²) in [5, 5.41) is 18.1. The van der Waals surface area contributed by atoms with Gasteiger partial charge in [-0.1, -0.05) is 26.5 Å². The molecule has 2 aromatic heterocycles. The lowest BCUT2D eigenvalue weighted by Gasteiger charge is -2.38. The zero-order valence-electron chi connectivity index (χ0n) is 27.8. The van der Waals surface area contributed by atoms with Crippen LogP contribution in [0.4, 0.5) is 10.2 Å². The average molecular weight is 659 g/mol. The predicted octanol–water partition coefficient (Wildman–Crippen LogP) is 4.25. The second kappa shape index (κ2) is 13.9. The molecule has 6 rings (SSSR count). The maximum Gasteiger partial charge on any atom is 0.355 e. The van der Waals surface area contributed by atoms with E-state index in [1.165, 1.54) is 16.7 Å². The first-order valence-electron chi connectivity index (χ1n) is 16.6. The number of ether oxygens (including phenoxy) is 2. The van der Waals surface area contributed by atoms with Crippen molar-refractivity contribution in [3.05, 3.63) is 76.6 Å². The van der Waals surface area contributed by atoms with Crippen LogP contribution < -0.4 is 21.1 Å². The number of halogens is 1. The van der Waals surface area contributed by atoms with E-state index in [0.29, 0.717) is 52.9 Å². The summed E-state index contributed by atoms with van der Waals surface area (Å²) in [4.78, 5) is 37.7. The zero-order valence-corrected chi connectivity index (χ0v) is 27.8. The summed E-state index contributed by atoms with van der Waals surface area (Å²) in [6, 6.07) is 6.01. The fourth-order valence-corrected chi connectivity index (χ4v) is 6.32. The van der Waals surface area contributed by atoms with Gasteiger partial charge in [-0.25, -0.2) is 18.7 Å². The quantitative estimate of drug-likeness (QED) is 0.216. The minimum Gasteiger partial charge on any atom is -0.490 e. The van der Waals surface area contributed by atoms with Crippen molar-refractivity contribution in [2.24, 2.45) is 11.8 Å². The Kier molecular flexibility index (Phi) is 9.66. The van der Waals surface area contributed by atoms with Gasteiger partial charge in [0, 0.05) is 31.4 Å². The van der Waals surface area contributed by atoms with E-state index in [1.54, 1.807) is 12.1 Å². The van der Waals surface area contributed by atoms with Gasteiger partial charge in [-0.2, -0.15) is 4.98 Å². The van der Waals surface area contributed by atoms with Gasteiger partial charge in [0.15, 0.2) is 5.65 Å². The van der Waals surface area contributed by atoms with Crippen LogP contribution in [0.5, 0.6) is 5.75 Å². The molecule has 2 unspecified atom stereocenters. The van der Waals surface area contributed by atoms with Crippen LogP contribution in [0, 0.1) is 24.6 Å². The third-order valence-corrected chi connectivity index (χ3v) is 8.90. The van der Waals surface area contributed by atoms with Crippen LogP contribution in [0.15, 0.2) is 59.6 Å². The van der Waals surface area contributed by atoms with Crippen LogP contribution in [0.2, 0.25) is 0 Å². The smallest absolute Gasteiger partial charge is 0.355 e. The summed E-state index contributed by atoms with van der Waals surface area (Å²) >= 11 is 0. The van der Waals surface area contributed by atoms with Gasteiger partial charge in [0.25, 0.3) is 0 Å².